The Kier molecular flexibility index (Phi) is 3.59. The molecular formula is C15H15F3N2O3. The number of halogens is 3. The van der Waals surface area contributed by atoms with E-state index in [0.29, 0.717) is 18.5 Å². The Hall–Kier alpha value is -2.09. The number of rotatable bonds is 2. The van der Waals surface area contributed by atoms with Crippen molar-refractivity contribution in [1.29, 1.82) is 0 Å². The van der Waals surface area contributed by atoms with Crippen molar-refractivity contribution >= 4 is 11.8 Å². The highest BCUT2D eigenvalue weighted by Gasteiger charge is 2.56. The van der Waals surface area contributed by atoms with Gasteiger partial charge < -0.3 is 15.3 Å². The predicted octanol–water partition coefficient (Wildman–Crippen LogP) is 0.926. The summed E-state index contributed by atoms with van der Waals surface area (Å²) < 4.78 is 37.3. The van der Waals surface area contributed by atoms with Crippen LogP contribution in [0, 0.1) is 0 Å². The Labute approximate surface area is 130 Å². The highest BCUT2D eigenvalue weighted by Crippen LogP contribution is 2.43. The molecule has 2 fully saturated rings. The number of aliphatic hydroxyl groups is 1. The Morgan fingerprint density at radius 2 is 1.96 bits per heavy atom. The lowest BCUT2D eigenvalue weighted by atomic mass is 9.72. The van der Waals surface area contributed by atoms with E-state index in [4.69, 9.17) is 0 Å². The maximum atomic E-state index is 12.4. The first-order valence-corrected chi connectivity index (χ1v) is 7.19. The second-order valence-corrected chi connectivity index (χ2v) is 5.85. The highest BCUT2D eigenvalue weighted by atomic mass is 19.4. The number of carbonyl (C=O) groups excluding carboxylic acids is 2. The third kappa shape index (κ3) is 2.56. The van der Waals surface area contributed by atoms with E-state index in [1.807, 2.05) is 0 Å². The van der Waals surface area contributed by atoms with Crippen molar-refractivity contribution in [1.82, 2.24) is 10.2 Å². The summed E-state index contributed by atoms with van der Waals surface area (Å²) in [6.45, 7) is 0.358. The second kappa shape index (κ2) is 5.23. The summed E-state index contributed by atoms with van der Waals surface area (Å²) >= 11 is 0. The van der Waals surface area contributed by atoms with Crippen LogP contribution in [0.4, 0.5) is 13.2 Å². The third-order valence-corrected chi connectivity index (χ3v) is 4.50. The molecule has 0 aromatic heterocycles. The molecule has 1 aromatic carbocycles. The Bertz CT molecular complexity index is 635. The summed E-state index contributed by atoms with van der Waals surface area (Å²) in [5.41, 5.74) is -0.954. The zero-order valence-corrected chi connectivity index (χ0v) is 12.0. The minimum atomic E-state index is -5.07. The Morgan fingerprint density at radius 1 is 1.30 bits per heavy atom. The normalized spacial score (nSPS) is 30.4. The van der Waals surface area contributed by atoms with Crippen molar-refractivity contribution in [2.24, 2.45) is 0 Å². The van der Waals surface area contributed by atoms with Crippen molar-refractivity contribution in [3.63, 3.8) is 0 Å². The van der Waals surface area contributed by atoms with Gasteiger partial charge in [-0.2, -0.15) is 13.2 Å². The number of carbonyl (C=O) groups is 2. The van der Waals surface area contributed by atoms with Crippen molar-refractivity contribution in [2.45, 2.75) is 36.7 Å². The van der Waals surface area contributed by atoms with Gasteiger partial charge in [-0.3, -0.25) is 9.59 Å². The quantitative estimate of drug-likeness (QED) is 0.848. The van der Waals surface area contributed by atoms with E-state index in [0.717, 1.165) is 0 Å². The molecule has 8 heteroatoms. The fraction of sp³-hybridized carbons (Fsp3) is 0.467. The number of hydrogen-bond acceptors (Lipinski definition) is 3. The monoisotopic (exact) mass is 328 g/mol. The number of amides is 2. The molecule has 0 radical (unpaired) electrons. The van der Waals surface area contributed by atoms with Gasteiger partial charge in [-0.05, 0) is 12.0 Å². The second-order valence-electron chi connectivity index (χ2n) is 5.85. The molecule has 5 nitrogen and oxygen atoms in total. The van der Waals surface area contributed by atoms with Gasteiger partial charge in [0.25, 0.3) is 0 Å². The zero-order chi connectivity index (χ0) is 16.8. The molecule has 0 spiro atoms. The molecule has 2 aliphatic rings. The van der Waals surface area contributed by atoms with Crippen LogP contribution in [0.5, 0.6) is 0 Å². The van der Waals surface area contributed by atoms with Crippen LogP contribution in [0.15, 0.2) is 30.3 Å². The average Bonchev–Trinajstić information content (AvgIpc) is 2.44. The fourth-order valence-electron chi connectivity index (χ4n) is 3.27. The molecule has 124 valence electrons. The van der Waals surface area contributed by atoms with E-state index in [2.05, 4.69) is 0 Å². The number of hydrogen-bond donors (Lipinski definition) is 2. The van der Waals surface area contributed by atoms with Crippen molar-refractivity contribution in [2.75, 3.05) is 6.54 Å². The minimum Gasteiger partial charge on any atom is -0.383 e. The molecule has 0 bridgehead atoms. The van der Waals surface area contributed by atoms with E-state index in [1.165, 1.54) is 4.90 Å². The summed E-state index contributed by atoms with van der Waals surface area (Å²) in [4.78, 5) is 24.7. The molecule has 2 N–H and O–H groups in total. The average molecular weight is 328 g/mol. The van der Waals surface area contributed by atoms with Gasteiger partial charge in [-0.15, -0.1) is 0 Å². The molecule has 2 heterocycles. The van der Waals surface area contributed by atoms with Crippen LogP contribution in [-0.4, -0.2) is 46.6 Å². The molecule has 0 aliphatic carbocycles. The standard InChI is InChI=1S/C15H15F3N2O3/c16-15(17,18)13(22)19-10-8-14(23,9-4-2-1-3-5-9)11-6-7-20(11)12(10)21/h1-5,10-11,23H,6-8H2,(H,19,22)/t10-,11+,14+/m0/s1. The van der Waals surface area contributed by atoms with E-state index >= 15 is 0 Å². The first-order valence-electron chi connectivity index (χ1n) is 7.19. The highest BCUT2D eigenvalue weighted by molar-refractivity contribution is 5.91. The van der Waals surface area contributed by atoms with Gasteiger partial charge in [0.2, 0.25) is 5.91 Å². The first-order chi connectivity index (χ1) is 10.7. The lowest BCUT2D eigenvalue weighted by Gasteiger charge is -2.55. The number of nitrogens with zero attached hydrogens (tertiary/aromatic N) is 1. The van der Waals surface area contributed by atoms with Crippen LogP contribution in [0.3, 0.4) is 0 Å². The third-order valence-electron chi connectivity index (χ3n) is 4.50. The maximum absolute atomic E-state index is 12.4. The van der Waals surface area contributed by atoms with Gasteiger partial charge in [0.05, 0.1) is 6.04 Å². The summed E-state index contributed by atoms with van der Waals surface area (Å²) in [5, 5.41) is 12.7. The molecule has 3 rings (SSSR count). The first kappa shape index (κ1) is 15.8. The van der Waals surface area contributed by atoms with Gasteiger partial charge in [0.15, 0.2) is 0 Å². The SMILES string of the molecule is O=C1[C@@H](NC(=O)C(F)(F)F)C[C@@](O)(c2ccccc2)[C@H]2CCN12. The van der Waals surface area contributed by atoms with Crippen LogP contribution in [0.25, 0.3) is 0 Å². The molecular weight excluding hydrogens is 313 g/mol. The molecule has 0 unspecified atom stereocenters. The van der Waals surface area contributed by atoms with Gasteiger partial charge >= 0.3 is 12.1 Å². The molecule has 1 aromatic rings. The minimum absolute atomic E-state index is 0.279. The topological polar surface area (TPSA) is 69.6 Å². The van der Waals surface area contributed by atoms with Crippen LogP contribution >= 0.6 is 0 Å². The number of alkyl halides is 3. The van der Waals surface area contributed by atoms with Crippen LogP contribution in [0.1, 0.15) is 18.4 Å². The summed E-state index contributed by atoms with van der Waals surface area (Å²) in [5.74, 6) is -2.76. The van der Waals surface area contributed by atoms with Gasteiger partial charge in [0.1, 0.15) is 11.6 Å². The molecule has 0 saturated carbocycles. The van der Waals surface area contributed by atoms with E-state index in [9.17, 15) is 27.9 Å². The smallest absolute Gasteiger partial charge is 0.383 e. The van der Waals surface area contributed by atoms with Crippen molar-refractivity contribution in [3.8, 4) is 0 Å². The molecule has 2 aliphatic heterocycles. The maximum Gasteiger partial charge on any atom is 0.471 e. The number of benzene rings is 1. The molecule has 2 amide bonds. The van der Waals surface area contributed by atoms with E-state index in [1.54, 1.807) is 35.6 Å². The van der Waals surface area contributed by atoms with E-state index in [-0.39, 0.29) is 6.42 Å². The lowest BCUT2D eigenvalue weighted by molar-refractivity contribution is -0.185. The zero-order valence-electron chi connectivity index (χ0n) is 12.0. The predicted molar refractivity (Wildman–Crippen MR) is 73.1 cm³/mol. The molecule has 3 atom stereocenters. The van der Waals surface area contributed by atoms with Crippen molar-refractivity contribution < 1.29 is 27.9 Å². The Morgan fingerprint density at radius 3 is 2.48 bits per heavy atom. The molecule has 2 saturated heterocycles. The number of fused-ring (bicyclic) bond motifs is 1. The van der Waals surface area contributed by atoms with Gasteiger partial charge in [0, 0.05) is 13.0 Å². The van der Waals surface area contributed by atoms with Crippen LogP contribution in [-0.2, 0) is 15.2 Å². The Balaban J connectivity index is 1.88. The number of nitrogens with one attached hydrogen (secondary N) is 1. The summed E-state index contributed by atoms with van der Waals surface area (Å²) in [6, 6.07) is 6.61. The van der Waals surface area contributed by atoms with Crippen LogP contribution in [0.2, 0.25) is 0 Å². The molecule has 23 heavy (non-hydrogen) atoms. The lowest BCUT2D eigenvalue weighted by Crippen LogP contribution is -2.71. The number of piperidine rings is 1. The van der Waals surface area contributed by atoms with Gasteiger partial charge in [-0.25, -0.2) is 0 Å². The van der Waals surface area contributed by atoms with Crippen molar-refractivity contribution in [3.05, 3.63) is 35.9 Å². The fourth-order valence-corrected chi connectivity index (χ4v) is 3.27. The largest absolute Gasteiger partial charge is 0.471 e. The van der Waals surface area contributed by atoms with Crippen LogP contribution < -0.4 is 5.32 Å². The summed E-state index contributed by atoms with van der Waals surface area (Å²) in [7, 11) is 0. The van der Waals surface area contributed by atoms with E-state index < -0.39 is 35.7 Å². The van der Waals surface area contributed by atoms with Gasteiger partial charge in [-0.1, -0.05) is 30.3 Å². The summed E-state index contributed by atoms with van der Waals surface area (Å²) in [6.07, 6.45) is -4.78.